The quantitative estimate of drug-likeness (QED) is 0.670. The summed E-state index contributed by atoms with van der Waals surface area (Å²) in [5.74, 6) is 0. The zero-order valence-electron chi connectivity index (χ0n) is 15.4. The third-order valence-corrected chi connectivity index (χ3v) is 5.45. The van der Waals surface area contributed by atoms with Gasteiger partial charge in [-0.15, -0.1) is 0 Å². The molecule has 1 aromatic heterocycles. The summed E-state index contributed by atoms with van der Waals surface area (Å²) in [6.07, 6.45) is 5.24. The number of hydrogen-bond donors (Lipinski definition) is 1. The number of H-pyrrole nitrogens is 1. The first-order valence-corrected chi connectivity index (χ1v) is 9.61. The second-order valence-electron chi connectivity index (χ2n) is 7.55. The number of fused-ring (bicyclic) bond motifs is 1. The number of aryl methyl sites for hydroxylation is 2. The van der Waals surface area contributed by atoms with Gasteiger partial charge in [0, 0.05) is 23.1 Å². The van der Waals surface area contributed by atoms with Crippen molar-refractivity contribution in [2.24, 2.45) is 0 Å². The van der Waals surface area contributed by atoms with E-state index in [1.807, 2.05) is 0 Å². The Bertz CT molecular complexity index is 849. The molecule has 0 atom stereocenters. The third kappa shape index (κ3) is 3.50. The van der Waals surface area contributed by atoms with Crippen LogP contribution in [0.1, 0.15) is 36.0 Å². The largest absolute Gasteiger partial charge is 0.354 e. The van der Waals surface area contributed by atoms with E-state index in [1.165, 1.54) is 77.7 Å². The maximum atomic E-state index is 3.70. The van der Waals surface area contributed by atoms with Crippen LogP contribution in [0.2, 0.25) is 0 Å². The van der Waals surface area contributed by atoms with Crippen LogP contribution in [0, 0.1) is 13.8 Å². The minimum Gasteiger partial charge on any atom is -0.354 e. The molecule has 4 rings (SSSR count). The molecule has 1 saturated heterocycles. The smallest absolute Gasteiger partial charge is 0.0498 e. The number of aromatic amines is 1. The van der Waals surface area contributed by atoms with E-state index < -0.39 is 0 Å². The molecule has 25 heavy (non-hydrogen) atoms. The Morgan fingerprint density at radius 3 is 2.40 bits per heavy atom. The third-order valence-electron chi connectivity index (χ3n) is 5.45. The van der Waals surface area contributed by atoms with E-state index in [4.69, 9.17) is 0 Å². The van der Waals surface area contributed by atoms with Gasteiger partial charge in [0.1, 0.15) is 0 Å². The van der Waals surface area contributed by atoms with Gasteiger partial charge in [-0.3, -0.25) is 0 Å². The van der Waals surface area contributed by atoms with Crippen LogP contribution >= 0.6 is 0 Å². The zero-order chi connectivity index (χ0) is 17.2. The molecule has 1 N–H and O–H groups in total. The van der Waals surface area contributed by atoms with Crippen molar-refractivity contribution in [3.05, 3.63) is 59.2 Å². The van der Waals surface area contributed by atoms with E-state index in [0.717, 1.165) is 6.42 Å². The average Bonchev–Trinajstić information content (AvgIpc) is 2.99. The molecule has 0 aliphatic carbocycles. The first-order chi connectivity index (χ1) is 12.2. The molecule has 3 aromatic rings. The number of aromatic nitrogens is 1. The summed E-state index contributed by atoms with van der Waals surface area (Å²) in [6, 6.07) is 15.6. The molecular weight excluding hydrogens is 304 g/mol. The number of likely N-dealkylation sites (tertiary alicyclic amines) is 1. The van der Waals surface area contributed by atoms with E-state index in [9.17, 15) is 0 Å². The minimum atomic E-state index is 1.12. The number of nitrogens with one attached hydrogen (secondary N) is 1. The van der Waals surface area contributed by atoms with Crippen molar-refractivity contribution >= 4 is 10.9 Å². The highest BCUT2D eigenvalue weighted by Gasteiger charge is 2.16. The Labute approximate surface area is 150 Å². The molecule has 2 heterocycles. The summed E-state index contributed by atoms with van der Waals surface area (Å²) in [7, 11) is 0. The summed E-state index contributed by atoms with van der Waals surface area (Å²) in [6.45, 7) is 8.07. The van der Waals surface area contributed by atoms with Crippen LogP contribution in [0.3, 0.4) is 0 Å². The topological polar surface area (TPSA) is 19.0 Å². The lowest BCUT2D eigenvalue weighted by molar-refractivity contribution is 0.232. The molecule has 1 aliphatic rings. The molecule has 2 heteroatoms. The molecule has 1 fully saturated rings. The molecule has 0 amide bonds. The standard InChI is InChI=1S/C23H28N2/c1-17-14-18(2)16-19(15-17)23-21(10-13-25-11-6-3-7-12-25)20-8-4-5-9-22(20)24-23/h4-5,8-9,14-16,24H,3,6-7,10-13H2,1-2H3. The van der Waals surface area contributed by atoms with Gasteiger partial charge >= 0.3 is 0 Å². The fraction of sp³-hybridized carbons (Fsp3) is 0.391. The van der Waals surface area contributed by atoms with Gasteiger partial charge in [0.05, 0.1) is 0 Å². The lowest BCUT2D eigenvalue weighted by Gasteiger charge is -2.26. The average molecular weight is 332 g/mol. The van der Waals surface area contributed by atoms with Crippen molar-refractivity contribution < 1.29 is 0 Å². The molecule has 2 aromatic carbocycles. The van der Waals surface area contributed by atoms with E-state index >= 15 is 0 Å². The van der Waals surface area contributed by atoms with Crippen LogP contribution in [-0.2, 0) is 6.42 Å². The Balaban J connectivity index is 1.72. The van der Waals surface area contributed by atoms with Crippen LogP contribution in [-0.4, -0.2) is 29.5 Å². The van der Waals surface area contributed by atoms with Gasteiger partial charge in [-0.25, -0.2) is 0 Å². The number of piperidine rings is 1. The number of nitrogens with zero attached hydrogens (tertiary/aromatic N) is 1. The van der Waals surface area contributed by atoms with Crippen molar-refractivity contribution in [2.45, 2.75) is 39.5 Å². The van der Waals surface area contributed by atoms with Crippen LogP contribution in [0.15, 0.2) is 42.5 Å². The SMILES string of the molecule is Cc1cc(C)cc(-c2[nH]c3ccccc3c2CCN2CCCCC2)c1. The van der Waals surface area contributed by atoms with Gasteiger partial charge in [0.15, 0.2) is 0 Å². The summed E-state index contributed by atoms with van der Waals surface area (Å²) in [5, 5.41) is 1.38. The van der Waals surface area contributed by atoms with Crippen molar-refractivity contribution in [3.63, 3.8) is 0 Å². The van der Waals surface area contributed by atoms with E-state index in [0.29, 0.717) is 0 Å². The second-order valence-corrected chi connectivity index (χ2v) is 7.55. The summed E-state index contributed by atoms with van der Waals surface area (Å²) in [4.78, 5) is 6.34. The first-order valence-electron chi connectivity index (χ1n) is 9.61. The molecular formula is C23H28N2. The molecule has 0 radical (unpaired) electrons. The highest BCUT2D eigenvalue weighted by atomic mass is 15.1. The molecule has 0 spiro atoms. The van der Waals surface area contributed by atoms with Crippen LogP contribution < -0.4 is 0 Å². The van der Waals surface area contributed by atoms with Crippen LogP contribution in [0.5, 0.6) is 0 Å². The summed E-state index contributed by atoms with van der Waals surface area (Å²) < 4.78 is 0. The Hall–Kier alpha value is -2.06. The van der Waals surface area contributed by atoms with Crippen molar-refractivity contribution in [1.82, 2.24) is 9.88 Å². The first kappa shape index (κ1) is 16.4. The molecule has 0 bridgehead atoms. The van der Waals surface area contributed by atoms with Gasteiger partial charge < -0.3 is 9.88 Å². The molecule has 1 aliphatic heterocycles. The van der Waals surface area contributed by atoms with Gasteiger partial charge in [-0.05, 0) is 75.5 Å². The van der Waals surface area contributed by atoms with Gasteiger partial charge in [0.25, 0.3) is 0 Å². The Morgan fingerprint density at radius 1 is 0.920 bits per heavy atom. The fourth-order valence-corrected chi connectivity index (χ4v) is 4.28. The molecule has 0 saturated carbocycles. The lowest BCUT2D eigenvalue weighted by atomic mass is 9.99. The molecule has 2 nitrogen and oxygen atoms in total. The van der Waals surface area contributed by atoms with Crippen molar-refractivity contribution in [2.75, 3.05) is 19.6 Å². The lowest BCUT2D eigenvalue weighted by Crippen LogP contribution is -2.31. The highest BCUT2D eigenvalue weighted by molar-refractivity contribution is 5.91. The summed E-state index contributed by atoms with van der Waals surface area (Å²) in [5.41, 5.74) is 8.02. The van der Waals surface area contributed by atoms with Gasteiger partial charge in [0.2, 0.25) is 0 Å². The molecule has 0 unspecified atom stereocenters. The minimum absolute atomic E-state index is 1.12. The number of benzene rings is 2. The van der Waals surface area contributed by atoms with Crippen molar-refractivity contribution in [3.8, 4) is 11.3 Å². The normalized spacial score (nSPS) is 15.8. The predicted molar refractivity (Wildman–Crippen MR) is 107 cm³/mol. The van der Waals surface area contributed by atoms with Gasteiger partial charge in [-0.1, -0.05) is 41.8 Å². The maximum Gasteiger partial charge on any atom is 0.0498 e. The number of hydrogen-bond acceptors (Lipinski definition) is 1. The second kappa shape index (κ2) is 7.05. The Morgan fingerprint density at radius 2 is 1.64 bits per heavy atom. The van der Waals surface area contributed by atoms with E-state index in [-0.39, 0.29) is 0 Å². The highest BCUT2D eigenvalue weighted by Crippen LogP contribution is 2.32. The monoisotopic (exact) mass is 332 g/mol. The van der Waals surface area contributed by atoms with Gasteiger partial charge in [-0.2, -0.15) is 0 Å². The van der Waals surface area contributed by atoms with Crippen LogP contribution in [0.4, 0.5) is 0 Å². The zero-order valence-corrected chi connectivity index (χ0v) is 15.4. The van der Waals surface area contributed by atoms with Crippen LogP contribution in [0.25, 0.3) is 22.2 Å². The van der Waals surface area contributed by atoms with E-state index in [2.05, 4.69) is 66.2 Å². The predicted octanol–water partition coefficient (Wildman–Crippen LogP) is 5.48. The van der Waals surface area contributed by atoms with Crippen molar-refractivity contribution in [1.29, 1.82) is 0 Å². The summed E-state index contributed by atoms with van der Waals surface area (Å²) >= 11 is 0. The van der Waals surface area contributed by atoms with E-state index in [1.54, 1.807) is 0 Å². The number of para-hydroxylation sites is 1. The Kier molecular flexibility index (Phi) is 4.63. The molecule has 130 valence electrons. The maximum absolute atomic E-state index is 3.70. The fourth-order valence-electron chi connectivity index (χ4n) is 4.28. The number of rotatable bonds is 4.